The third-order valence-corrected chi connectivity index (χ3v) is 25.1. The number of aliphatic hydroxyl groups is 3. The lowest BCUT2D eigenvalue weighted by atomic mass is 9.35. The number of imide groups is 1. The Hall–Kier alpha value is -9.17. The van der Waals surface area contributed by atoms with Crippen LogP contribution in [-0.2, 0) is 87.3 Å². The Labute approximate surface area is 648 Å². The number of thiazole rings is 1. The van der Waals surface area contributed by atoms with Crippen molar-refractivity contribution in [2.24, 2.45) is 33.5 Å². The van der Waals surface area contributed by atoms with E-state index in [0.29, 0.717) is 102 Å². The number of amides is 5. The summed E-state index contributed by atoms with van der Waals surface area (Å²) in [6.45, 7) is 12.7. The Bertz CT molecular complexity index is 4680. The van der Waals surface area contributed by atoms with E-state index in [1.54, 1.807) is 50.4 Å². The van der Waals surface area contributed by atoms with Crippen molar-refractivity contribution >= 4 is 95.8 Å². The second-order valence-electron chi connectivity index (χ2n) is 32.8. The van der Waals surface area contributed by atoms with Crippen molar-refractivity contribution in [2.45, 2.75) is 207 Å². The van der Waals surface area contributed by atoms with Gasteiger partial charge < -0.3 is 50.1 Å². The molecule has 9 atom stereocenters. The molecule has 3 aromatic heterocycles. The molecule has 5 fully saturated rings. The molecule has 0 spiro atoms. The van der Waals surface area contributed by atoms with E-state index in [-0.39, 0.29) is 102 Å². The number of carboxylic acid groups (broad SMARTS) is 2. The number of nitrogens with one attached hydrogen (secondary N) is 2. The average molecular weight is 1570 g/mol. The number of ketones is 2. The van der Waals surface area contributed by atoms with E-state index in [1.165, 1.54) is 35.3 Å². The van der Waals surface area contributed by atoms with Crippen molar-refractivity contribution in [1.29, 1.82) is 0 Å². The van der Waals surface area contributed by atoms with Crippen LogP contribution < -0.4 is 15.5 Å². The number of carbonyl (C=O) groups is 9. The van der Waals surface area contributed by atoms with Gasteiger partial charge in [-0.3, -0.25) is 48.2 Å². The number of fused-ring (bicyclic) bond motifs is 2. The predicted molar refractivity (Wildman–Crippen MR) is 410 cm³/mol. The number of pyridine rings is 1. The summed E-state index contributed by atoms with van der Waals surface area (Å²) in [6, 6.07) is 20.8. The topological polar surface area (TPSA) is 405 Å². The van der Waals surface area contributed by atoms with Crippen LogP contribution >= 0.6 is 11.3 Å². The van der Waals surface area contributed by atoms with Gasteiger partial charge in [0.1, 0.15) is 36.5 Å². The number of Topliss-reactive ketones (excluding diaryl/α,β-unsaturated/α-hetero) is 2. The first kappa shape index (κ1) is 81.3. The van der Waals surface area contributed by atoms with Gasteiger partial charge in [0.05, 0.1) is 34.3 Å². The molecule has 8 N–H and O–H groups in total. The van der Waals surface area contributed by atoms with Gasteiger partial charge in [-0.1, -0.05) is 87.9 Å². The summed E-state index contributed by atoms with van der Waals surface area (Å²) in [6.07, 6.45) is 3.18. The quantitative estimate of drug-likeness (QED) is 0.0106. The number of aliphatic hydroxyl groups excluding tert-OH is 3. The second-order valence-corrected chi connectivity index (χ2v) is 35.4. The van der Waals surface area contributed by atoms with Crippen LogP contribution in [0.4, 0.5) is 15.7 Å². The Balaban J connectivity index is 0.700. The van der Waals surface area contributed by atoms with Crippen molar-refractivity contribution < 1.29 is 91.1 Å². The molecule has 1 saturated heterocycles. The van der Waals surface area contributed by atoms with E-state index < -0.39 is 101 Å². The van der Waals surface area contributed by atoms with Crippen LogP contribution in [0.3, 0.4) is 0 Å². The molecular weight excluding hydrogens is 1470 g/mol. The van der Waals surface area contributed by atoms with Crippen molar-refractivity contribution in [3.8, 4) is 11.1 Å². The maximum Gasteiger partial charge on any atom is 0.410 e. The first-order chi connectivity index (χ1) is 52.6. The summed E-state index contributed by atoms with van der Waals surface area (Å²) in [4.78, 5) is 132. The minimum Gasteiger partial charge on any atom is -0.479 e. The standard InChI is InChI=1S/C81H99N9O19S2/c1-47(2)57(36-54(91)15-8-7-11-30-89-65(93)25-26-66(89)94)73(99)83-48(3)61(92)35-50-19-20-53(52(34-50)21-23-62-68(95)69(96)70(97)71(109-62)75(102)103)39-108-77(104)87(32-33-111(105,106)107)29-13-28-80-41-78(5)40-79(6,42-80)44-81(43-78,45-80)46-90-49(4)58(37-82-90)55-22-24-64(85-67(55)74(100)101)88-31-27-51-14-12-16-56(59(51)38-88)72(98)86-76-84-60-17-9-10-18-63(60)110-76/h9-10,12,14,16-20,22,24-26,34,37,47-48,57,62,68-71,95-97H,7-8,11,13,15,21,23,27-33,35-36,38-46H2,1-6H3,(H,83,99)(H,100,101)(H,102,103)(H,84,86,98)(H,105,106,107)/t48-,57-,62-,68-,69+,70-,71-,78?,79?,80?,81?/m0/s1. The van der Waals surface area contributed by atoms with Gasteiger partial charge in [-0.25, -0.2) is 24.4 Å². The molecule has 2 unspecified atom stereocenters. The fourth-order valence-electron chi connectivity index (χ4n) is 19.3. The number of aromatic nitrogens is 4. The Kier molecular flexibility index (Phi) is 24.4. The van der Waals surface area contributed by atoms with E-state index >= 15 is 0 Å². The highest BCUT2D eigenvalue weighted by Crippen LogP contribution is 2.75. The zero-order chi connectivity index (χ0) is 79.6. The number of anilines is 2. The number of carboxylic acids is 2. The first-order valence-corrected chi connectivity index (χ1v) is 40.6. The number of carbonyl (C=O) groups excluding carboxylic acids is 7. The molecule has 7 aliphatic rings. The molecule has 4 bridgehead atoms. The largest absolute Gasteiger partial charge is 0.479 e. The predicted octanol–water partition coefficient (Wildman–Crippen LogP) is 9.25. The molecule has 4 aliphatic carbocycles. The van der Waals surface area contributed by atoms with Crippen LogP contribution in [0.15, 0.2) is 91.1 Å². The molecule has 28 nitrogen and oxygen atoms in total. The number of unbranched alkanes of at least 4 members (excludes halogenated alkanes) is 2. The number of para-hydroxylation sites is 1. The summed E-state index contributed by atoms with van der Waals surface area (Å²) >= 11 is 1.39. The molecule has 30 heteroatoms. The number of rotatable bonds is 34. The molecule has 5 amide bonds. The van der Waals surface area contributed by atoms with Crippen molar-refractivity contribution in [3.63, 3.8) is 0 Å². The number of nitrogens with zero attached hydrogens (tertiary/aromatic N) is 7. The van der Waals surface area contributed by atoms with Crippen molar-refractivity contribution in [1.82, 2.24) is 34.9 Å². The van der Waals surface area contributed by atoms with Gasteiger partial charge in [0, 0.05) is 99.0 Å². The minimum absolute atomic E-state index is 0.0146. The Morgan fingerprint density at radius 3 is 2.23 bits per heavy atom. The molecule has 4 saturated carbocycles. The number of benzene rings is 3. The van der Waals surface area contributed by atoms with E-state index in [0.717, 1.165) is 70.5 Å². The number of hydrogen-bond donors (Lipinski definition) is 8. The summed E-state index contributed by atoms with van der Waals surface area (Å²) in [5.74, 6) is -6.20. The summed E-state index contributed by atoms with van der Waals surface area (Å²) in [5, 5.41) is 64.0. The van der Waals surface area contributed by atoms with E-state index in [9.17, 15) is 81.7 Å². The van der Waals surface area contributed by atoms with Gasteiger partial charge in [-0.2, -0.15) is 13.5 Å². The zero-order valence-corrected chi connectivity index (χ0v) is 65.0. The van der Waals surface area contributed by atoms with Gasteiger partial charge >= 0.3 is 18.0 Å². The molecule has 3 aliphatic heterocycles. The highest BCUT2D eigenvalue weighted by Gasteiger charge is 2.65. The molecule has 13 rings (SSSR count). The lowest BCUT2D eigenvalue weighted by Gasteiger charge is -2.70. The van der Waals surface area contributed by atoms with Gasteiger partial charge in [0.2, 0.25) is 5.91 Å². The zero-order valence-electron chi connectivity index (χ0n) is 63.4. The lowest BCUT2D eigenvalue weighted by molar-refractivity contribution is -0.228. The number of hydrogen-bond acceptors (Lipinski definition) is 21. The highest BCUT2D eigenvalue weighted by molar-refractivity contribution is 7.85. The summed E-state index contributed by atoms with van der Waals surface area (Å²) in [5.41, 5.74) is 5.62. The van der Waals surface area contributed by atoms with Crippen LogP contribution in [0.25, 0.3) is 21.3 Å². The third-order valence-electron chi connectivity index (χ3n) is 23.5. The minimum atomic E-state index is -4.58. The third kappa shape index (κ3) is 18.8. The SMILES string of the molecule is Cc1c(-c2ccc(N3CCc4cccc(C(=O)Nc5nc6ccccc6s5)c4C3)nc2C(=O)O)cnn1CC12CC3(C)CC(C)(CC(CCCN(CCS(=O)(=O)O)C(=O)OCc4ccc(CC(=O)[C@H](C)NC(=O)[C@@H](CC(=O)CCCCCN5C(=O)C=CC5=O)C(C)C)cc4CC[C@@H]4O[C@H](C(=O)O)[C@@H](O)[C@H](O)[C@H]4O)(C3)C1)C2. The van der Waals surface area contributed by atoms with Crippen LogP contribution in [0, 0.1) is 40.4 Å². The molecule has 6 aromatic rings. The number of aryl methyl sites for hydroxylation is 1. The molecule has 0 radical (unpaired) electrons. The van der Waals surface area contributed by atoms with Crippen molar-refractivity contribution in [2.75, 3.05) is 42.1 Å². The second kappa shape index (κ2) is 33.3. The number of aliphatic carboxylic acids is 1. The van der Waals surface area contributed by atoms with Crippen LogP contribution in [0.5, 0.6) is 0 Å². The highest BCUT2D eigenvalue weighted by atomic mass is 32.2. The maximum atomic E-state index is 14.4. The lowest BCUT2D eigenvalue weighted by Crippen LogP contribution is -2.60. The van der Waals surface area contributed by atoms with E-state index in [1.807, 2.05) is 59.0 Å². The monoisotopic (exact) mass is 1570 g/mol. The summed E-state index contributed by atoms with van der Waals surface area (Å²) in [7, 11) is -4.58. The van der Waals surface area contributed by atoms with Gasteiger partial charge in [-0.05, 0) is 183 Å². The fourth-order valence-corrected chi connectivity index (χ4v) is 20.6. The number of ether oxygens (including phenoxy) is 2. The first-order valence-electron chi connectivity index (χ1n) is 38.2. The van der Waals surface area contributed by atoms with Gasteiger partial charge in [0.15, 0.2) is 22.7 Å². The maximum absolute atomic E-state index is 14.4. The van der Waals surface area contributed by atoms with Crippen molar-refractivity contribution in [3.05, 3.63) is 136 Å². The molecule has 594 valence electrons. The Morgan fingerprint density at radius 1 is 0.802 bits per heavy atom. The molecule has 111 heavy (non-hydrogen) atoms. The normalized spacial score (nSPS) is 24.6. The van der Waals surface area contributed by atoms with Gasteiger partial charge in [0.25, 0.3) is 27.8 Å². The van der Waals surface area contributed by atoms with Crippen LogP contribution in [0.1, 0.15) is 179 Å². The van der Waals surface area contributed by atoms with E-state index in [2.05, 4.69) is 29.5 Å². The Morgan fingerprint density at radius 2 is 1.53 bits per heavy atom. The van der Waals surface area contributed by atoms with E-state index in [4.69, 9.17) is 19.6 Å². The number of aromatic carboxylic acids is 1. The van der Waals surface area contributed by atoms with Gasteiger partial charge in [-0.15, -0.1) is 0 Å². The molecule has 6 heterocycles. The fraction of sp³-hybridized carbons (Fsp3) is 0.531. The molecular formula is C81H99N9O19S2. The van der Waals surface area contributed by atoms with Crippen LogP contribution in [-0.4, -0.2) is 190 Å². The summed E-state index contributed by atoms with van der Waals surface area (Å²) < 4.78 is 49.3. The average Bonchev–Trinajstić information content (AvgIpc) is 0.977. The van der Waals surface area contributed by atoms with Crippen LogP contribution in [0.2, 0.25) is 0 Å². The smallest absolute Gasteiger partial charge is 0.410 e. The molecule has 3 aromatic carbocycles.